The average molecular weight is 257 g/mol. The van der Waals surface area contributed by atoms with Crippen LogP contribution in [0.2, 0.25) is 0 Å². The van der Waals surface area contributed by atoms with Gasteiger partial charge >= 0.3 is 0 Å². The minimum absolute atomic E-state index is 0.780. The Balaban J connectivity index is 1.81. The van der Waals surface area contributed by atoms with E-state index in [2.05, 4.69) is 51.2 Å². The van der Waals surface area contributed by atoms with Crippen molar-refractivity contribution in [2.75, 3.05) is 38.1 Å². The number of aromatic nitrogens is 3. The van der Waals surface area contributed by atoms with Gasteiger partial charge in [0.1, 0.15) is 12.7 Å². The number of benzene rings is 1. The van der Waals surface area contributed by atoms with Crippen LogP contribution in [0.25, 0.3) is 0 Å². The predicted octanol–water partition coefficient (Wildman–Crippen LogP) is 1.08. The van der Waals surface area contributed by atoms with Crippen LogP contribution >= 0.6 is 0 Å². The summed E-state index contributed by atoms with van der Waals surface area (Å²) in [5.74, 6) is 0. The van der Waals surface area contributed by atoms with Gasteiger partial charge in [0.05, 0.1) is 6.54 Å². The van der Waals surface area contributed by atoms with Crippen LogP contribution in [0.1, 0.15) is 5.56 Å². The molecular weight excluding hydrogens is 238 g/mol. The Morgan fingerprint density at radius 1 is 1.11 bits per heavy atom. The van der Waals surface area contributed by atoms with Gasteiger partial charge in [-0.3, -0.25) is 0 Å². The summed E-state index contributed by atoms with van der Waals surface area (Å²) in [4.78, 5) is 8.84. The van der Waals surface area contributed by atoms with E-state index >= 15 is 0 Å². The average Bonchev–Trinajstić information content (AvgIpc) is 2.93. The number of rotatable bonds is 3. The summed E-state index contributed by atoms with van der Waals surface area (Å²) < 4.78 is 1.87. The summed E-state index contributed by atoms with van der Waals surface area (Å²) >= 11 is 0. The first-order chi connectivity index (χ1) is 9.33. The molecule has 2 heterocycles. The fourth-order valence-corrected chi connectivity index (χ4v) is 2.49. The molecule has 1 aliphatic heterocycles. The third-order valence-corrected chi connectivity index (χ3v) is 3.63. The first-order valence-electron chi connectivity index (χ1n) is 6.67. The van der Waals surface area contributed by atoms with E-state index in [9.17, 15) is 0 Å². The van der Waals surface area contributed by atoms with E-state index in [-0.39, 0.29) is 0 Å². The van der Waals surface area contributed by atoms with Crippen molar-refractivity contribution < 1.29 is 0 Å². The second kappa shape index (κ2) is 5.40. The second-order valence-electron chi connectivity index (χ2n) is 5.01. The van der Waals surface area contributed by atoms with Crippen LogP contribution in [0, 0.1) is 0 Å². The number of hydrogen-bond donors (Lipinski definition) is 0. The van der Waals surface area contributed by atoms with Gasteiger partial charge in [-0.15, -0.1) is 0 Å². The molecule has 1 fully saturated rings. The van der Waals surface area contributed by atoms with Crippen LogP contribution in [0.3, 0.4) is 0 Å². The zero-order valence-electron chi connectivity index (χ0n) is 11.2. The Bertz CT molecular complexity index is 514. The molecular formula is C14H19N5. The quantitative estimate of drug-likeness (QED) is 0.824. The minimum atomic E-state index is 0.780. The molecule has 0 atom stereocenters. The predicted molar refractivity (Wildman–Crippen MR) is 75.3 cm³/mol. The van der Waals surface area contributed by atoms with Crippen LogP contribution in [-0.4, -0.2) is 52.9 Å². The molecule has 1 aliphatic rings. The third-order valence-electron chi connectivity index (χ3n) is 3.63. The molecule has 2 aromatic rings. The maximum atomic E-state index is 4.19. The van der Waals surface area contributed by atoms with Crippen LogP contribution in [0.5, 0.6) is 0 Å². The third kappa shape index (κ3) is 2.76. The molecule has 1 aromatic heterocycles. The summed E-state index contributed by atoms with van der Waals surface area (Å²) in [6.07, 6.45) is 3.35. The van der Waals surface area contributed by atoms with Crippen LogP contribution in [0.15, 0.2) is 36.9 Å². The smallest absolute Gasteiger partial charge is 0.137 e. The van der Waals surface area contributed by atoms with E-state index in [1.54, 1.807) is 12.7 Å². The van der Waals surface area contributed by atoms with E-state index in [0.717, 1.165) is 32.7 Å². The van der Waals surface area contributed by atoms with Crippen LogP contribution < -0.4 is 4.90 Å². The van der Waals surface area contributed by atoms with Crippen molar-refractivity contribution in [3.05, 3.63) is 42.5 Å². The summed E-state index contributed by atoms with van der Waals surface area (Å²) in [7, 11) is 2.18. The zero-order valence-corrected chi connectivity index (χ0v) is 11.2. The van der Waals surface area contributed by atoms with Crippen molar-refractivity contribution in [2.45, 2.75) is 6.54 Å². The highest BCUT2D eigenvalue weighted by Gasteiger charge is 2.16. The lowest BCUT2D eigenvalue weighted by Crippen LogP contribution is -2.44. The first kappa shape index (κ1) is 12.2. The van der Waals surface area contributed by atoms with Crippen molar-refractivity contribution in [3.8, 4) is 0 Å². The Kier molecular flexibility index (Phi) is 3.46. The van der Waals surface area contributed by atoms with Gasteiger partial charge in [-0.25, -0.2) is 9.67 Å². The Morgan fingerprint density at radius 2 is 1.89 bits per heavy atom. The van der Waals surface area contributed by atoms with Gasteiger partial charge in [-0.1, -0.05) is 18.2 Å². The van der Waals surface area contributed by atoms with E-state index in [0.29, 0.717) is 0 Å². The molecule has 5 nitrogen and oxygen atoms in total. The maximum Gasteiger partial charge on any atom is 0.137 e. The molecule has 0 radical (unpaired) electrons. The monoisotopic (exact) mass is 257 g/mol. The summed E-state index contributed by atoms with van der Waals surface area (Å²) in [5, 5.41) is 4.19. The number of piperazine rings is 1. The van der Waals surface area contributed by atoms with Crippen molar-refractivity contribution >= 4 is 5.69 Å². The van der Waals surface area contributed by atoms with Crippen molar-refractivity contribution in [3.63, 3.8) is 0 Å². The van der Waals surface area contributed by atoms with E-state index in [1.807, 2.05) is 4.68 Å². The van der Waals surface area contributed by atoms with Gasteiger partial charge in [-0.2, -0.15) is 5.10 Å². The lowest BCUT2D eigenvalue weighted by atomic mass is 10.1. The molecule has 0 amide bonds. The molecule has 19 heavy (non-hydrogen) atoms. The topological polar surface area (TPSA) is 37.2 Å². The zero-order chi connectivity index (χ0) is 13.1. The number of likely N-dealkylation sites (N-methyl/N-ethyl adjacent to an activating group) is 1. The van der Waals surface area contributed by atoms with Crippen molar-refractivity contribution in [1.82, 2.24) is 19.7 Å². The summed E-state index contributed by atoms with van der Waals surface area (Å²) in [6, 6.07) is 8.58. The number of anilines is 1. The summed E-state index contributed by atoms with van der Waals surface area (Å²) in [5.41, 5.74) is 2.63. The number of nitrogens with zero attached hydrogens (tertiary/aromatic N) is 5. The molecule has 0 unspecified atom stereocenters. The molecule has 1 aromatic carbocycles. The van der Waals surface area contributed by atoms with E-state index in [1.165, 1.54) is 11.3 Å². The highest BCUT2D eigenvalue weighted by molar-refractivity contribution is 5.54. The maximum absolute atomic E-state index is 4.19. The lowest BCUT2D eigenvalue weighted by Gasteiger charge is -2.35. The molecule has 0 aliphatic carbocycles. The highest BCUT2D eigenvalue weighted by Crippen LogP contribution is 2.22. The van der Waals surface area contributed by atoms with Crippen LogP contribution in [0.4, 0.5) is 5.69 Å². The SMILES string of the molecule is CN1CCN(c2ccccc2Cn2cncn2)CC1. The Morgan fingerprint density at radius 3 is 2.63 bits per heavy atom. The molecule has 0 N–H and O–H groups in total. The number of hydrogen-bond acceptors (Lipinski definition) is 4. The first-order valence-corrected chi connectivity index (χ1v) is 6.67. The minimum Gasteiger partial charge on any atom is -0.369 e. The fourth-order valence-electron chi connectivity index (χ4n) is 2.49. The molecule has 0 bridgehead atoms. The van der Waals surface area contributed by atoms with Gasteiger partial charge in [-0.05, 0) is 18.7 Å². The van der Waals surface area contributed by atoms with Gasteiger partial charge < -0.3 is 9.80 Å². The fraction of sp³-hybridized carbons (Fsp3) is 0.429. The normalized spacial score (nSPS) is 16.8. The van der Waals surface area contributed by atoms with Gasteiger partial charge in [0.15, 0.2) is 0 Å². The molecule has 5 heteroatoms. The molecule has 100 valence electrons. The van der Waals surface area contributed by atoms with Crippen molar-refractivity contribution in [1.29, 1.82) is 0 Å². The molecule has 1 saturated heterocycles. The Labute approximate surface area is 113 Å². The molecule has 0 saturated carbocycles. The van der Waals surface area contributed by atoms with Gasteiger partial charge in [0.2, 0.25) is 0 Å². The highest BCUT2D eigenvalue weighted by atomic mass is 15.3. The lowest BCUT2D eigenvalue weighted by molar-refractivity contribution is 0.312. The molecule has 0 spiro atoms. The van der Waals surface area contributed by atoms with E-state index in [4.69, 9.17) is 0 Å². The number of para-hydroxylation sites is 1. The second-order valence-corrected chi connectivity index (χ2v) is 5.01. The largest absolute Gasteiger partial charge is 0.369 e. The summed E-state index contributed by atoms with van der Waals surface area (Å²) in [6.45, 7) is 5.20. The molecule has 3 rings (SSSR count). The van der Waals surface area contributed by atoms with Crippen molar-refractivity contribution in [2.24, 2.45) is 0 Å². The standard InChI is InChI=1S/C14H19N5/c1-17-6-8-18(9-7-17)14-5-3-2-4-13(14)10-19-12-15-11-16-19/h2-5,11-12H,6-10H2,1H3. The van der Waals surface area contributed by atoms with E-state index < -0.39 is 0 Å². The Hall–Kier alpha value is -1.88. The van der Waals surface area contributed by atoms with Gasteiger partial charge in [0.25, 0.3) is 0 Å². The van der Waals surface area contributed by atoms with Gasteiger partial charge in [0, 0.05) is 31.9 Å². The van der Waals surface area contributed by atoms with Crippen LogP contribution in [-0.2, 0) is 6.54 Å².